The Kier molecular flexibility index (Phi) is 16.2. The highest BCUT2D eigenvalue weighted by Crippen LogP contribution is 2.69. The number of hydrogen-bond donors (Lipinski definition) is 10. The summed E-state index contributed by atoms with van der Waals surface area (Å²) in [6, 6.07) is 0. The number of halogens is 8. The number of fused-ring (bicyclic) bond motifs is 20. The van der Waals surface area contributed by atoms with Crippen molar-refractivity contribution in [1.29, 1.82) is 0 Å². The monoisotopic (exact) mass is 1850 g/mol. The molecule has 24 heteroatoms. The molecule has 136 heavy (non-hydrogen) atoms. The first-order valence-electron chi connectivity index (χ1n) is 55.1. The van der Waals surface area contributed by atoms with Crippen molar-refractivity contribution in [3.63, 3.8) is 0 Å². The van der Waals surface area contributed by atoms with Gasteiger partial charge in [0.2, 0.25) is 0 Å². The fraction of sp³-hybridized carbons (Fsp3) is 0.714. The summed E-state index contributed by atoms with van der Waals surface area (Å²) in [5.74, 6) is 1.47. The van der Waals surface area contributed by atoms with Gasteiger partial charge in [0.15, 0.2) is 69.8 Å². The van der Waals surface area contributed by atoms with Crippen LogP contribution in [0.2, 0.25) is 0 Å². The summed E-state index contributed by atoms with van der Waals surface area (Å²) in [4.78, 5) is 39.3. The van der Waals surface area contributed by atoms with Gasteiger partial charge in [0.1, 0.15) is 22.6 Å². The lowest BCUT2D eigenvalue weighted by Gasteiger charge is -2.58. The Bertz CT molecular complexity index is 5590. The maximum Gasteiger partial charge on any atom is 0.167 e. The van der Waals surface area contributed by atoms with Crippen LogP contribution in [0, 0.1) is 189 Å². The predicted molar refractivity (Wildman–Crippen MR) is 512 cm³/mol. The molecule has 0 spiro atoms. The number of hydrogen-bond acceptors (Lipinski definition) is 14. The van der Waals surface area contributed by atoms with E-state index in [0.717, 1.165) is 308 Å². The standard InChI is InChI=1S/C112H130F8N16/c113-81-73-74(82(114)90(130-106-28-52-4-53(29-106)6-54(5-52)30-106)89(81)129-105-25-49-1-50(26-105)3-51(2-49)27-105)98-121-97(73)125-99-75-76(84(116)92(132-108-34-58-10-59(35-108)12-60(11-58)36-108)91(83(75)115)131-107-31-55-7-56(32-107)9-57(8-55)33-107)101(122-99)127-103-79-80(88(120)96(136-112-46-70-22-71(47-112)24-72(23-70)48-112)95(87(79)119)135-111-43-67-19-68(44-111)21-69(20-67)45-111)104(124-103)128-102-78-77(100(123-102)126-98)85(117)93(133-109-37-61-13-62(38-109)15-63(14-61)39-109)94(86(78)118)134-110-40-64-16-65(41-110)18-66(17-64)42-110/h49-72,129-136H,1-48H2,(H2,121,122,123,124,125,126,127,128). The normalized spacial score (nSPS) is 44.2. The topological polar surface area (TPSA) is 205 Å². The molecule has 0 unspecified atom stereocenters. The lowest BCUT2D eigenvalue weighted by atomic mass is 9.52. The lowest BCUT2D eigenvalue weighted by Crippen LogP contribution is -2.56. The van der Waals surface area contributed by atoms with E-state index in [1.54, 1.807) is 0 Å². The second kappa shape index (κ2) is 27.3. The first-order valence-corrected chi connectivity index (χ1v) is 55.1. The molecule has 7 aromatic rings. The van der Waals surface area contributed by atoms with Crippen LogP contribution in [0.3, 0.4) is 0 Å². The molecule has 32 saturated carbocycles. The number of nitrogens with one attached hydrogen (secondary N) is 10. The van der Waals surface area contributed by atoms with Crippen LogP contribution in [0.25, 0.3) is 89.7 Å². The van der Waals surface area contributed by atoms with E-state index in [1.165, 1.54) is 0 Å². The number of benzene rings is 4. The summed E-state index contributed by atoms with van der Waals surface area (Å²) in [5, 5.41) is 30.1. The zero-order valence-electron chi connectivity index (χ0n) is 78.5. The number of aromatic amines is 2. The first-order chi connectivity index (χ1) is 65.8. The van der Waals surface area contributed by atoms with Crippen LogP contribution >= 0.6 is 0 Å². The highest BCUT2D eigenvalue weighted by molar-refractivity contribution is 6.12. The van der Waals surface area contributed by atoms with Crippen molar-refractivity contribution in [3.8, 4) is 45.6 Å². The Labute approximate surface area is 789 Å². The highest BCUT2D eigenvalue weighted by atomic mass is 19.2. The smallest absolute Gasteiger partial charge is 0.167 e. The van der Waals surface area contributed by atoms with Crippen LogP contribution < -0.4 is 42.5 Å². The van der Waals surface area contributed by atoms with Crippen molar-refractivity contribution in [1.82, 2.24) is 39.9 Å². The number of anilines is 8. The molecule has 714 valence electrons. The molecular weight excluding hydrogens is 1720 g/mol. The molecule has 10 N–H and O–H groups in total. The average Bonchev–Trinajstić information content (AvgIpc) is 1.52. The van der Waals surface area contributed by atoms with E-state index in [2.05, 4.69) is 52.5 Å². The summed E-state index contributed by atoms with van der Waals surface area (Å²) >= 11 is 0. The quantitative estimate of drug-likeness (QED) is 0.0409. The Morgan fingerprint density at radius 2 is 0.272 bits per heavy atom. The van der Waals surface area contributed by atoms with E-state index in [9.17, 15) is 0 Å². The molecule has 5 heterocycles. The second-order valence-electron chi connectivity index (χ2n) is 54.7. The van der Waals surface area contributed by atoms with Crippen molar-refractivity contribution >= 4 is 89.6 Å². The summed E-state index contributed by atoms with van der Waals surface area (Å²) < 4.78 is 166. The predicted octanol–water partition coefficient (Wildman–Crippen LogP) is 27.0. The SMILES string of the molecule is Fc1c(NC23CC4CC(CC(C4)C2)C3)c(NC23CC4CC(CC(C4)C2)C3)c(F)c2c1-c1nc-2nc2[nH]c(nc3nc(nc4[nH]c(n1)c1c(F)c(NC56CC7CC(CC(C7)C5)C6)c(NC56CC7CC(CC(C7)C5)C6)c(F)c41)-c1c(F)c(NC45CC6CC(CC(C6)C4)C5)c(NC45CC6CC(CC(C6)C4)C5)c(F)c1-3)c1c(F)c(NC34CC5CC(CC(C5)C3)C4)c(NC34CC5CC(CC(C5)C3)C4)c(F)c21. The number of rotatable bonds is 16. The van der Waals surface area contributed by atoms with Crippen molar-refractivity contribution in [2.24, 2.45) is 142 Å². The van der Waals surface area contributed by atoms with Crippen LogP contribution in [0.5, 0.6) is 0 Å². The molecule has 40 bridgehead atoms. The van der Waals surface area contributed by atoms with E-state index in [0.29, 0.717) is 142 Å². The lowest BCUT2D eigenvalue weighted by molar-refractivity contribution is 0.00932. The van der Waals surface area contributed by atoms with E-state index in [1.807, 2.05) is 0 Å². The van der Waals surface area contributed by atoms with Crippen LogP contribution in [-0.4, -0.2) is 84.2 Å². The molecule has 2 aliphatic heterocycles. The Morgan fingerprint density at radius 3 is 0.390 bits per heavy atom. The zero-order chi connectivity index (χ0) is 89.6. The van der Waals surface area contributed by atoms with Crippen molar-refractivity contribution in [3.05, 3.63) is 46.5 Å². The zero-order valence-corrected chi connectivity index (χ0v) is 78.5. The molecule has 41 rings (SSSR count). The van der Waals surface area contributed by atoms with Gasteiger partial charge >= 0.3 is 0 Å². The molecule has 16 nitrogen and oxygen atoms in total. The van der Waals surface area contributed by atoms with Gasteiger partial charge in [-0.2, -0.15) is 0 Å². The minimum Gasteiger partial charge on any atom is -0.375 e. The highest BCUT2D eigenvalue weighted by Gasteiger charge is 2.62. The van der Waals surface area contributed by atoms with Gasteiger partial charge in [-0.1, -0.05) is 0 Å². The Balaban J connectivity index is 0.684. The summed E-state index contributed by atoms with van der Waals surface area (Å²) in [5.41, 5.74) is -7.71. The van der Waals surface area contributed by atoms with Gasteiger partial charge in [-0.05, 0) is 450 Å². The van der Waals surface area contributed by atoms with Crippen LogP contribution in [0.1, 0.15) is 308 Å². The van der Waals surface area contributed by atoms with E-state index in [-0.39, 0.29) is 112 Å². The van der Waals surface area contributed by atoms with Gasteiger partial charge in [-0.3, -0.25) is 0 Å². The Hall–Kier alpha value is -7.92. The molecule has 32 fully saturated rings. The molecule has 4 aromatic carbocycles. The molecule has 0 saturated heterocycles. The first kappa shape index (κ1) is 80.7. The van der Waals surface area contributed by atoms with Gasteiger partial charge in [0, 0.05) is 44.3 Å². The molecule has 32 aliphatic carbocycles. The maximum absolute atomic E-state index is 20.7. The average molecular weight is 1850 g/mol. The molecular formula is C112H130F8N16. The van der Waals surface area contributed by atoms with E-state index >= 15 is 35.1 Å². The van der Waals surface area contributed by atoms with Gasteiger partial charge in [-0.15, -0.1) is 0 Å². The van der Waals surface area contributed by atoms with Crippen molar-refractivity contribution in [2.75, 3.05) is 42.5 Å². The van der Waals surface area contributed by atoms with Gasteiger partial charge in [-0.25, -0.2) is 65.0 Å². The Morgan fingerprint density at radius 1 is 0.162 bits per heavy atom. The molecule has 34 aliphatic rings. The fourth-order valence-electron chi connectivity index (χ4n) is 43.6. The molecule has 0 radical (unpaired) electrons. The van der Waals surface area contributed by atoms with Gasteiger partial charge < -0.3 is 52.5 Å². The minimum absolute atomic E-state index is 0.0198. The number of aromatic nitrogens is 8. The van der Waals surface area contributed by atoms with E-state index < -0.39 is 114 Å². The van der Waals surface area contributed by atoms with Gasteiger partial charge in [0.05, 0.1) is 89.3 Å². The van der Waals surface area contributed by atoms with Crippen LogP contribution in [0.4, 0.5) is 80.6 Å². The minimum atomic E-state index is -0.845. The largest absolute Gasteiger partial charge is 0.375 e. The second-order valence-corrected chi connectivity index (χ2v) is 54.7. The third kappa shape index (κ3) is 11.8. The number of H-pyrrole nitrogens is 2. The molecule has 3 aromatic heterocycles. The summed E-state index contributed by atoms with van der Waals surface area (Å²) in [7, 11) is 0. The van der Waals surface area contributed by atoms with Crippen LogP contribution in [-0.2, 0) is 0 Å². The number of nitrogens with zero attached hydrogens (tertiary/aromatic N) is 6. The third-order valence-corrected chi connectivity index (χ3v) is 44.5. The van der Waals surface area contributed by atoms with Crippen molar-refractivity contribution in [2.45, 2.75) is 353 Å². The van der Waals surface area contributed by atoms with Gasteiger partial charge in [0.25, 0.3) is 0 Å². The summed E-state index contributed by atoms with van der Waals surface area (Å²) in [6.45, 7) is 0. The van der Waals surface area contributed by atoms with E-state index in [4.69, 9.17) is 29.9 Å². The third-order valence-electron chi connectivity index (χ3n) is 44.5. The molecule has 0 amide bonds. The maximum atomic E-state index is 20.7. The fourth-order valence-corrected chi connectivity index (χ4v) is 43.6. The summed E-state index contributed by atoms with van der Waals surface area (Å²) in [6.07, 6.45) is 45.3. The van der Waals surface area contributed by atoms with Crippen molar-refractivity contribution < 1.29 is 35.1 Å². The van der Waals surface area contributed by atoms with Crippen LogP contribution in [0.15, 0.2) is 0 Å². The molecule has 0 atom stereocenters.